The van der Waals surface area contributed by atoms with Crippen LogP contribution in [0.2, 0.25) is 0 Å². The number of aromatic nitrogens is 1. The second-order valence-electron chi connectivity index (χ2n) is 5.61. The summed E-state index contributed by atoms with van der Waals surface area (Å²) >= 11 is 0. The zero-order valence-electron chi connectivity index (χ0n) is 13.4. The molecule has 0 bridgehead atoms. The number of nitrogens with one attached hydrogen (secondary N) is 1. The van der Waals surface area contributed by atoms with Crippen LogP contribution in [-0.4, -0.2) is 36.2 Å². The summed E-state index contributed by atoms with van der Waals surface area (Å²) in [6, 6.07) is 7.50. The van der Waals surface area contributed by atoms with Crippen LogP contribution in [0.15, 0.2) is 48.8 Å². The molecule has 1 aromatic carbocycles. The number of benzene rings is 1. The van der Waals surface area contributed by atoms with E-state index in [0.29, 0.717) is 5.56 Å². The molecule has 1 atom stereocenters. The third-order valence-electron chi connectivity index (χ3n) is 3.79. The number of amides is 2. The maximum absolute atomic E-state index is 12.8. The van der Waals surface area contributed by atoms with E-state index in [2.05, 4.69) is 10.3 Å². The van der Waals surface area contributed by atoms with Gasteiger partial charge in [-0.3, -0.25) is 14.7 Å². The van der Waals surface area contributed by atoms with Gasteiger partial charge in [-0.15, -0.1) is 0 Å². The number of halogens is 3. The van der Waals surface area contributed by atoms with Crippen LogP contribution in [0.4, 0.5) is 23.7 Å². The number of cyclic esters (lactones) is 1. The minimum absolute atomic E-state index is 0.0385. The Hall–Kier alpha value is -3.10. The number of carbonyl (C=O) groups is 2. The van der Waals surface area contributed by atoms with Crippen molar-refractivity contribution in [1.29, 1.82) is 0 Å². The third-order valence-corrected chi connectivity index (χ3v) is 3.79. The van der Waals surface area contributed by atoms with Crippen molar-refractivity contribution in [3.8, 4) is 0 Å². The maximum Gasteiger partial charge on any atom is 0.416 e. The van der Waals surface area contributed by atoms with Crippen LogP contribution in [0.5, 0.6) is 0 Å². The smallest absolute Gasteiger partial charge is 0.416 e. The van der Waals surface area contributed by atoms with Gasteiger partial charge >= 0.3 is 12.3 Å². The lowest BCUT2D eigenvalue weighted by atomic mass is 10.2. The monoisotopic (exact) mass is 365 g/mol. The lowest BCUT2D eigenvalue weighted by molar-refractivity contribution is -0.137. The van der Waals surface area contributed by atoms with Gasteiger partial charge in [-0.25, -0.2) is 4.79 Å². The van der Waals surface area contributed by atoms with E-state index < -0.39 is 23.9 Å². The molecule has 1 aromatic heterocycles. The van der Waals surface area contributed by atoms with Crippen LogP contribution in [0, 0.1) is 0 Å². The molecule has 1 unspecified atom stereocenters. The summed E-state index contributed by atoms with van der Waals surface area (Å²) in [5.41, 5.74) is -0.357. The van der Waals surface area contributed by atoms with Crippen molar-refractivity contribution in [2.75, 3.05) is 18.0 Å². The zero-order chi connectivity index (χ0) is 18.7. The number of nitrogens with zero attached hydrogens (tertiary/aromatic N) is 2. The van der Waals surface area contributed by atoms with Crippen LogP contribution >= 0.6 is 0 Å². The summed E-state index contributed by atoms with van der Waals surface area (Å²) in [4.78, 5) is 28.9. The molecule has 6 nitrogen and oxygen atoms in total. The van der Waals surface area contributed by atoms with Gasteiger partial charge in [0.05, 0.1) is 18.7 Å². The van der Waals surface area contributed by atoms with Gasteiger partial charge in [-0.05, 0) is 30.3 Å². The highest BCUT2D eigenvalue weighted by molar-refractivity contribution is 5.94. The van der Waals surface area contributed by atoms with Crippen molar-refractivity contribution in [2.24, 2.45) is 0 Å². The number of rotatable bonds is 4. The second kappa shape index (κ2) is 7.03. The van der Waals surface area contributed by atoms with Crippen molar-refractivity contribution in [3.05, 3.63) is 59.9 Å². The Morgan fingerprint density at radius 1 is 1.27 bits per heavy atom. The summed E-state index contributed by atoms with van der Waals surface area (Å²) in [5, 5.41) is 2.62. The fourth-order valence-electron chi connectivity index (χ4n) is 2.50. The topological polar surface area (TPSA) is 71.5 Å². The summed E-state index contributed by atoms with van der Waals surface area (Å²) in [6.07, 6.45) is -2.98. The highest BCUT2D eigenvalue weighted by Crippen LogP contribution is 2.32. The van der Waals surface area contributed by atoms with Crippen LogP contribution in [-0.2, 0) is 10.9 Å². The number of hydrogen-bond acceptors (Lipinski definition) is 4. The summed E-state index contributed by atoms with van der Waals surface area (Å²) in [5.74, 6) is -0.360. The first-order chi connectivity index (χ1) is 12.3. The lowest BCUT2D eigenvalue weighted by Crippen LogP contribution is -2.34. The van der Waals surface area contributed by atoms with Crippen molar-refractivity contribution < 1.29 is 27.5 Å². The van der Waals surface area contributed by atoms with Crippen molar-refractivity contribution in [3.63, 3.8) is 0 Å². The molecule has 1 aliphatic heterocycles. The Morgan fingerprint density at radius 3 is 2.69 bits per heavy atom. The Morgan fingerprint density at radius 2 is 2.00 bits per heavy atom. The quantitative estimate of drug-likeness (QED) is 0.905. The Kier molecular flexibility index (Phi) is 4.79. The number of carbonyl (C=O) groups excluding carboxylic acids is 2. The van der Waals surface area contributed by atoms with Gasteiger partial charge in [0.2, 0.25) is 0 Å². The molecule has 1 saturated heterocycles. The number of ether oxygens (including phenoxy) is 1. The molecular weight excluding hydrogens is 351 g/mol. The highest BCUT2D eigenvalue weighted by atomic mass is 19.4. The number of alkyl halides is 3. The van der Waals surface area contributed by atoms with Gasteiger partial charge in [-0.1, -0.05) is 6.07 Å². The molecule has 2 aromatic rings. The van der Waals surface area contributed by atoms with Gasteiger partial charge in [0.25, 0.3) is 5.91 Å². The van der Waals surface area contributed by atoms with E-state index in [9.17, 15) is 22.8 Å². The zero-order valence-corrected chi connectivity index (χ0v) is 13.4. The standard InChI is InChI=1S/C17H14F3N3O3/c18-17(19,20)12-2-1-3-13(8-12)23-10-14(26-16(23)25)9-22-15(24)11-4-6-21-7-5-11/h1-8,14H,9-10H2,(H,22,24). The first-order valence-electron chi connectivity index (χ1n) is 7.68. The average Bonchev–Trinajstić information content (AvgIpc) is 3.00. The van der Waals surface area contributed by atoms with Gasteiger partial charge < -0.3 is 10.1 Å². The summed E-state index contributed by atoms with van der Waals surface area (Å²) in [7, 11) is 0. The number of anilines is 1. The normalized spacial score (nSPS) is 17.1. The van der Waals surface area contributed by atoms with Crippen molar-refractivity contribution in [2.45, 2.75) is 12.3 Å². The largest absolute Gasteiger partial charge is 0.442 e. The number of hydrogen-bond donors (Lipinski definition) is 1. The molecule has 9 heteroatoms. The molecule has 2 amide bonds. The second-order valence-corrected chi connectivity index (χ2v) is 5.61. The Balaban J connectivity index is 1.63. The van der Waals surface area contributed by atoms with Crippen LogP contribution < -0.4 is 10.2 Å². The predicted molar refractivity (Wildman–Crippen MR) is 85.6 cm³/mol. The van der Waals surface area contributed by atoms with Gasteiger partial charge in [-0.2, -0.15) is 13.2 Å². The molecule has 0 radical (unpaired) electrons. The fourth-order valence-corrected chi connectivity index (χ4v) is 2.50. The Labute approximate surface area is 146 Å². The molecule has 0 spiro atoms. The van der Waals surface area contributed by atoms with Gasteiger partial charge in [0.1, 0.15) is 6.10 Å². The van der Waals surface area contributed by atoms with Crippen molar-refractivity contribution in [1.82, 2.24) is 10.3 Å². The molecule has 2 heterocycles. The molecule has 1 fully saturated rings. The fraction of sp³-hybridized carbons (Fsp3) is 0.235. The molecule has 0 saturated carbocycles. The molecule has 1 aliphatic rings. The van der Waals surface area contributed by atoms with E-state index in [1.807, 2.05) is 0 Å². The molecule has 3 rings (SSSR count). The maximum atomic E-state index is 12.8. The molecule has 0 aliphatic carbocycles. The molecule has 136 valence electrons. The lowest BCUT2D eigenvalue weighted by Gasteiger charge is -2.15. The van der Waals surface area contributed by atoms with Crippen LogP contribution in [0.25, 0.3) is 0 Å². The van der Waals surface area contributed by atoms with E-state index in [0.717, 1.165) is 17.0 Å². The minimum Gasteiger partial charge on any atom is -0.442 e. The van der Waals surface area contributed by atoms with Gasteiger partial charge in [0, 0.05) is 23.6 Å². The summed E-state index contributed by atoms with van der Waals surface area (Å²) in [6.45, 7) is 0.0825. The van der Waals surface area contributed by atoms with Gasteiger partial charge in [0.15, 0.2) is 0 Å². The predicted octanol–water partition coefficient (Wildman–Crippen LogP) is 2.86. The van der Waals surface area contributed by atoms with E-state index in [4.69, 9.17) is 4.74 Å². The van der Waals surface area contributed by atoms with E-state index in [1.165, 1.54) is 36.7 Å². The van der Waals surface area contributed by atoms with Crippen LogP contribution in [0.3, 0.4) is 0 Å². The third kappa shape index (κ3) is 3.93. The van der Waals surface area contributed by atoms with Crippen molar-refractivity contribution >= 4 is 17.7 Å². The summed E-state index contributed by atoms with van der Waals surface area (Å²) < 4.78 is 43.6. The van der Waals surface area contributed by atoms with Crippen LogP contribution in [0.1, 0.15) is 15.9 Å². The molecule has 1 N–H and O–H groups in total. The average molecular weight is 365 g/mol. The first-order valence-corrected chi connectivity index (χ1v) is 7.68. The highest BCUT2D eigenvalue weighted by Gasteiger charge is 2.35. The van der Waals surface area contributed by atoms with E-state index >= 15 is 0 Å². The minimum atomic E-state index is -4.50. The van der Waals surface area contributed by atoms with E-state index in [-0.39, 0.29) is 24.7 Å². The number of pyridine rings is 1. The first kappa shape index (κ1) is 17.7. The Bertz CT molecular complexity index is 812. The SMILES string of the molecule is O=C(NCC1CN(c2cccc(C(F)(F)F)c2)C(=O)O1)c1ccncc1. The molecule has 26 heavy (non-hydrogen) atoms. The van der Waals surface area contributed by atoms with E-state index in [1.54, 1.807) is 0 Å². The molecular formula is C17H14F3N3O3.